The summed E-state index contributed by atoms with van der Waals surface area (Å²) in [6.45, 7) is 0. The van der Waals surface area contributed by atoms with E-state index in [9.17, 15) is 0 Å². The van der Waals surface area contributed by atoms with Crippen LogP contribution in [-0.2, 0) is 6.42 Å². The highest BCUT2D eigenvalue weighted by molar-refractivity contribution is 9.10. The average Bonchev–Trinajstić information content (AvgIpc) is 2.17. The van der Waals surface area contributed by atoms with Gasteiger partial charge in [-0.05, 0) is 18.1 Å². The van der Waals surface area contributed by atoms with Gasteiger partial charge in [0.2, 0.25) is 0 Å². The van der Waals surface area contributed by atoms with Gasteiger partial charge in [0.15, 0.2) is 0 Å². The van der Waals surface area contributed by atoms with Crippen molar-refractivity contribution in [1.82, 2.24) is 0 Å². The summed E-state index contributed by atoms with van der Waals surface area (Å²) in [6.07, 6.45) is 0.710. The van der Waals surface area contributed by atoms with Crippen molar-refractivity contribution in [3.63, 3.8) is 0 Å². The summed E-state index contributed by atoms with van der Waals surface area (Å²) in [7, 11) is 0. The average molecular weight is 259 g/mol. The van der Waals surface area contributed by atoms with E-state index in [1.807, 2.05) is 24.3 Å². The fourth-order valence-electron chi connectivity index (χ4n) is 1.06. The highest BCUT2D eigenvalue weighted by Gasteiger charge is 2.08. The van der Waals surface area contributed by atoms with E-state index < -0.39 is 0 Å². The van der Waals surface area contributed by atoms with Gasteiger partial charge in [0.05, 0.1) is 12.0 Å². The molecule has 68 valence electrons. The Bertz CT molecular complexity index is 319. The minimum atomic E-state index is -0.0969. The van der Waals surface area contributed by atoms with Crippen molar-refractivity contribution in [3.05, 3.63) is 34.3 Å². The molecule has 0 N–H and O–H groups in total. The number of benzene rings is 1. The number of nitrogens with zero attached hydrogens (tertiary/aromatic N) is 1. The van der Waals surface area contributed by atoms with Crippen molar-refractivity contribution in [3.8, 4) is 6.07 Å². The van der Waals surface area contributed by atoms with Crippen LogP contribution in [0.1, 0.15) is 5.56 Å². The summed E-state index contributed by atoms with van der Waals surface area (Å²) in [5.74, 6) is 0.290. The number of rotatable bonds is 3. The Balaban J connectivity index is 2.74. The first-order valence-electron chi connectivity index (χ1n) is 3.97. The molecular weight excluding hydrogens is 249 g/mol. The maximum Gasteiger partial charge on any atom is 0.0671 e. The Morgan fingerprint density at radius 2 is 2.15 bits per heavy atom. The van der Waals surface area contributed by atoms with E-state index in [4.69, 9.17) is 16.9 Å². The molecule has 3 heteroatoms. The summed E-state index contributed by atoms with van der Waals surface area (Å²) in [4.78, 5) is 0. The molecule has 1 aromatic carbocycles. The van der Waals surface area contributed by atoms with Crippen LogP contribution in [0.25, 0.3) is 0 Å². The molecule has 0 bridgehead atoms. The molecule has 0 aliphatic carbocycles. The zero-order chi connectivity index (χ0) is 9.68. The Kier molecular flexibility index (Phi) is 4.27. The van der Waals surface area contributed by atoms with Gasteiger partial charge >= 0.3 is 0 Å². The number of halogens is 2. The molecule has 0 amide bonds. The molecule has 0 spiro atoms. The molecule has 1 nitrogen and oxygen atoms in total. The number of hydrogen-bond acceptors (Lipinski definition) is 1. The predicted molar refractivity (Wildman–Crippen MR) is 57.7 cm³/mol. The molecule has 0 fully saturated rings. The SMILES string of the molecule is N#CC(CCl)Cc1ccccc1Br. The molecule has 13 heavy (non-hydrogen) atoms. The molecular formula is C10H9BrClN. The van der Waals surface area contributed by atoms with Crippen molar-refractivity contribution >= 4 is 27.5 Å². The number of nitriles is 1. The molecule has 1 unspecified atom stereocenters. The maximum absolute atomic E-state index is 8.73. The number of hydrogen-bond donors (Lipinski definition) is 0. The fraction of sp³-hybridized carbons (Fsp3) is 0.300. The molecule has 0 saturated heterocycles. The largest absolute Gasteiger partial charge is 0.198 e. The van der Waals surface area contributed by atoms with Crippen molar-refractivity contribution < 1.29 is 0 Å². The Hall–Kier alpha value is -0.520. The van der Waals surface area contributed by atoms with E-state index in [2.05, 4.69) is 22.0 Å². The lowest BCUT2D eigenvalue weighted by molar-refractivity contribution is 0.744. The molecule has 0 aliphatic heterocycles. The molecule has 0 saturated carbocycles. The molecule has 0 aliphatic rings. The molecule has 0 heterocycles. The van der Waals surface area contributed by atoms with Gasteiger partial charge in [-0.1, -0.05) is 34.1 Å². The second kappa shape index (κ2) is 5.26. The van der Waals surface area contributed by atoms with Gasteiger partial charge in [0.1, 0.15) is 0 Å². The van der Waals surface area contributed by atoms with Crippen LogP contribution in [0.15, 0.2) is 28.7 Å². The van der Waals surface area contributed by atoms with Crippen LogP contribution in [0.3, 0.4) is 0 Å². The highest BCUT2D eigenvalue weighted by atomic mass is 79.9. The van der Waals surface area contributed by atoms with Crippen LogP contribution in [0.2, 0.25) is 0 Å². The summed E-state index contributed by atoms with van der Waals surface area (Å²) >= 11 is 9.06. The first-order chi connectivity index (χ1) is 6.27. The molecule has 0 aromatic heterocycles. The quantitative estimate of drug-likeness (QED) is 0.763. The molecule has 1 aromatic rings. The third-order valence-electron chi connectivity index (χ3n) is 1.79. The Labute approximate surface area is 91.5 Å². The van der Waals surface area contributed by atoms with Gasteiger partial charge in [-0.2, -0.15) is 5.26 Å². The van der Waals surface area contributed by atoms with Gasteiger partial charge in [-0.15, -0.1) is 11.6 Å². The van der Waals surface area contributed by atoms with Crippen LogP contribution in [0, 0.1) is 17.2 Å². The van der Waals surface area contributed by atoms with Crippen LogP contribution < -0.4 is 0 Å². The Morgan fingerprint density at radius 1 is 1.46 bits per heavy atom. The zero-order valence-corrected chi connectivity index (χ0v) is 9.35. The highest BCUT2D eigenvalue weighted by Crippen LogP contribution is 2.19. The minimum absolute atomic E-state index is 0.0969. The van der Waals surface area contributed by atoms with Gasteiger partial charge in [-0.25, -0.2) is 0 Å². The van der Waals surface area contributed by atoms with Crippen LogP contribution >= 0.6 is 27.5 Å². The first kappa shape index (κ1) is 10.6. The van der Waals surface area contributed by atoms with Crippen LogP contribution in [-0.4, -0.2) is 5.88 Å². The van der Waals surface area contributed by atoms with E-state index in [0.29, 0.717) is 12.3 Å². The fourth-order valence-corrected chi connectivity index (χ4v) is 1.69. The maximum atomic E-state index is 8.73. The lowest BCUT2D eigenvalue weighted by Crippen LogP contribution is -2.03. The van der Waals surface area contributed by atoms with E-state index in [1.165, 1.54) is 0 Å². The normalized spacial score (nSPS) is 12.1. The summed E-state index contributed by atoms with van der Waals surface area (Å²) in [5, 5.41) is 8.73. The van der Waals surface area contributed by atoms with Crippen molar-refractivity contribution in [2.75, 3.05) is 5.88 Å². The number of alkyl halides is 1. The molecule has 1 rings (SSSR count). The van der Waals surface area contributed by atoms with Crippen LogP contribution in [0.4, 0.5) is 0 Å². The lowest BCUT2D eigenvalue weighted by Gasteiger charge is -2.06. The lowest BCUT2D eigenvalue weighted by atomic mass is 10.0. The molecule has 1 atom stereocenters. The zero-order valence-electron chi connectivity index (χ0n) is 7.00. The topological polar surface area (TPSA) is 23.8 Å². The van der Waals surface area contributed by atoms with Gasteiger partial charge in [0, 0.05) is 10.4 Å². The third-order valence-corrected chi connectivity index (χ3v) is 2.94. The summed E-state index contributed by atoms with van der Waals surface area (Å²) < 4.78 is 1.04. The standard InChI is InChI=1S/C10H9BrClN/c11-10-4-2-1-3-9(10)5-8(6-12)7-13/h1-4,8H,5-6H2. The monoisotopic (exact) mass is 257 g/mol. The van der Waals surface area contributed by atoms with Crippen molar-refractivity contribution in [1.29, 1.82) is 5.26 Å². The van der Waals surface area contributed by atoms with Gasteiger partial charge < -0.3 is 0 Å². The summed E-state index contributed by atoms with van der Waals surface area (Å²) in [5.41, 5.74) is 1.13. The minimum Gasteiger partial charge on any atom is -0.198 e. The van der Waals surface area contributed by atoms with E-state index in [-0.39, 0.29) is 5.92 Å². The van der Waals surface area contributed by atoms with E-state index >= 15 is 0 Å². The van der Waals surface area contributed by atoms with E-state index in [1.54, 1.807) is 0 Å². The van der Waals surface area contributed by atoms with Crippen LogP contribution in [0.5, 0.6) is 0 Å². The smallest absolute Gasteiger partial charge is 0.0671 e. The molecule has 0 radical (unpaired) electrons. The van der Waals surface area contributed by atoms with E-state index in [0.717, 1.165) is 10.0 Å². The Morgan fingerprint density at radius 3 is 2.69 bits per heavy atom. The van der Waals surface area contributed by atoms with Crippen molar-refractivity contribution in [2.24, 2.45) is 5.92 Å². The second-order valence-electron chi connectivity index (χ2n) is 2.78. The van der Waals surface area contributed by atoms with Crippen molar-refractivity contribution in [2.45, 2.75) is 6.42 Å². The van der Waals surface area contributed by atoms with Gasteiger partial charge in [0.25, 0.3) is 0 Å². The second-order valence-corrected chi connectivity index (χ2v) is 3.94. The third kappa shape index (κ3) is 3.02. The summed E-state index contributed by atoms with van der Waals surface area (Å²) in [6, 6.07) is 10.1. The predicted octanol–water partition coefficient (Wildman–Crippen LogP) is 3.37. The first-order valence-corrected chi connectivity index (χ1v) is 5.29. The van der Waals surface area contributed by atoms with Gasteiger partial charge in [-0.3, -0.25) is 0 Å².